The molecule has 6 nitrogen and oxygen atoms in total. The summed E-state index contributed by atoms with van der Waals surface area (Å²) in [5.41, 5.74) is 2.72. The highest BCUT2D eigenvalue weighted by Gasteiger charge is 2.27. The molecule has 0 saturated heterocycles. The number of fused-ring (bicyclic) bond motifs is 1. The minimum atomic E-state index is -3.55. The van der Waals surface area contributed by atoms with Gasteiger partial charge in [-0.2, -0.15) is 4.31 Å². The normalized spacial score (nSPS) is 15.6. The van der Waals surface area contributed by atoms with E-state index in [0.29, 0.717) is 19.4 Å². The van der Waals surface area contributed by atoms with Gasteiger partial charge in [0.05, 0.1) is 10.6 Å². The summed E-state index contributed by atoms with van der Waals surface area (Å²) < 4.78 is 53.1. The van der Waals surface area contributed by atoms with Crippen molar-refractivity contribution in [2.24, 2.45) is 0 Å². The van der Waals surface area contributed by atoms with Crippen molar-refractivity contribution in [1.29, 1.82) is 0 Å². The van der Waals surface area contributed by atoms with Gasteiger partial charge in [0.1, 0.15) is 0 Å². The van der Waals surface area contributed by atoms with E-state index in [1.165, 1.54) is 11.4 Å². The van der Waals surface area contributed by atoms with E-state index in [2.05, 4.69) is 4.72 Å². The number of hydrogen-bond donors (Lipinski definition) is 1. The first-order valence-electron chi connectivity index (χ1n) is 8.39. The van der Waals surface area contributed by atoms with E-state index in [1.54, 1.807) is 18.2 Å². The number of hydrogen-bond acceptors (Lipinski definition) is 4. The van der Waals surface area contributed by atoms with Crippen LogP contribution in [0.3, 0.4) is 0 Å². The lowest BCUT2D eigenvalue weighted by Gasteiger charge is -2.28. The van der Waals surface area contributed by atoms with Crippen LogP contribution in [-0.2, 0) is 39.4 Å². The van der Waals surface area contributed by atoms with E-state index >= 15 is 0 Å². The van der Waals surface area contributed by atoms with Crippen molar-refractivity contribution in [3.8, 4) is 0 Å². The average Bonchev–Trinajstić information content (AvgIpc) is 2.66. The van der Waals surface area contributed by atoms with Gasteiger partial charge in [0, 0.05) is 13.1 Å². The summed E-state index contributed by atoms with van der Waals surface area (Å²) in [6, 6.07) is 14.4. The molecule has 0 atom stereocenters. The zero-order valence-electron chi connectivity index (χ0n) is 14.6. The Morgan fingerprint density at radius 2 is 1.73 bits per heavy atom. The quantitative estimate of drug-likeness (QED) is 0.805. The zero-order chi connectivity index (χ0) is 18.8. The van der Waals surface area contributed by atoms with Crippen molar-refractivity contribution in [3.05, 3.63) is 65.2 Å². The molecule has 2 aromatic carbocycles. The number of benzene rings is 2. The minimum absolute atomic E-state index is 0.0425. The Morgan fingerprint density at radius 3 is 2.42 bits per heavy atom. The molecule has 1 aliphatic rings. The third-order valence-corrected chi connectivity index (χ3v) is 7.85. The maximum atomic E-state index is 12.7. The van der Waals surface area contributed by atoms with Crippen LogP contribution in [0.1, 0.15) is 16.7 Å². The highest BCUT2D eigenvalue weighted by molar-refractivity contribution is 7.89. The Labute approximate surface area is 155 Å². The number of rotatable bonds is 6. The number of nitrogens with one attached hydrogen (secondary N) is 1. The van der Waals surface area contributed by atoms with Gasteiger partial charge in [-0.3, -0.25) is 0 Å². The van der Waals surface area contributed by atoms with Gasteiger partial charge in [0.15, 0.2) is 0 Å². The van der Waals surface area contributed by atoms with Gasteiger partial charge < -0.3 is 0 Å². The van der Waals surface area contributed by atoms with Crippen LogP contribution in [0.25, 0.3) is 0 Å². The Hall–Kier alpha value is -1.74. The molecule has 0 saturated carbocycles. The van der Waals surface area contributed by atoms with E-state index in [-0.39, 0.29) is 17.2 Å². The van der Waals surface area contributed by atoms with Crippen LogP contribution < -0.4 is 4.72 Å². The molecule has 0 fully saturated rings. The SMILES string of the molecule is CNS(=O)(=O)c1ccc2c(c1)CN(S(=O)(=O)CCc1ccccc1)CC2. The van der Waals surface area contributed by atoms with Crippen LogP contribution in [0.4, 0.5) is 0 Å². The van der Waals surface area contributed by atoms with Crippen molar-refractivity contribution < 1.29 is 16.8 Å². The van der Waals surface area contributed by atoms with Gasteiger partial charge in [0.2, 0.25) is 20.0 Å². The summed E-state index contributed by atoms with van der Waals surface area (Å²) in [5, 5.41) is 0. The van der Waals surface area contributed by atoms with Crippen LogP contribution in [-0.4, -0.2) is 40.5 Å². The minimum Gasteiger partial charge on any atom is -0.214 e. The molecule has 1 N–H and O–H groups in total. The standard InChI is InChI=1S/C18H22N2O4S2/c1-19-26(23,24)18-8-7-16-9-11-20(14-17(16)13-18)25(21,22)12-10-15-5-3-2-4-6-15/h2-8,13,19H,9-12,14H2,1H3. The maximum Gasteiger partial charge on any atom is 0.240 e. The smallest absolute Gasteiger partial charge is 0.214 e. The molecule has 1 heterocycles. The van der Waals surface area contributed by atoms with Gasteiger partial charge in [-0.15, -0.1) is 0 Å². The maximum absolute atomic E-state index is 12.7. The Kier molecular flexibility index (Phi) is 5.47. The lowest BCUT2D eigenvalue weighted by Crippen LogP contribution is -2.38. The van der Waals surface area contributed by atoms with Crippen molar-refractivity contribution in [2.45, 2.75) is 24.3 Å². The highest BCUT2D eigenvalue weighted by Crippen LogP contribution is 2.24. The summed E-state index contributed by atoms with van der Waals surface area (Å²) in [4.78, 5) is 0.155. The molecule has 8 heteroatoms. The topological polar surface area (TPSA) is 83.6 Å². The molecule has 0 radical (unpaired) electrons. The number of sulfonamides is 2. The lowest BCUT2D eigenvalue weighted by molar-refractivity contribution is 0.391. The summed E-state index contributed by atoms with van der Waals surface area (Å²) in [6.07, 6.45) is 1.04. The summed E-state index contributed by atoms with van der Waals surface area (Å²) in [6.45, 7) is 0.627. The summed E-state index contributed by atoms with van der Waals surface area (Å²) in [7, 11) is -5.60. The molecule has 0 bridgehead atoms. The van der Waals surface area contributed by atoms with Gasteiger partial charge >= 0.3 is 0 Å². The van der Waals surface area contributed by atoms with E-state index in [9.17, 15) is 16.8 Å². The summed E-state index contributed by atoms with van der Waals surface area (Å²) in [5.74, 6) is 0.0425. The molecule has 26 heavy (non-hydrogen) atoms. The molecular formula is C18H22N2O4S2. The van der Waals surface area contributed by atoms with Crippen LogP contribution in [0.5, 0.6) is 0 Å². The van der Waals surface area contributed by atoms with E-state index in [0.717, 1.165) is 16.7 Å². The van der Waals surface area contributed by atoms with Gasteiger partial charge in [-0.1, -0.05) is 36.4 Å². The average molecular weight is 395 g/mol. The fourth-order valence-corrected chi connectivity index (χ4v) is 5.29. The van der Waals surface area contributed by atoms with Crippen molar-refractivity contribution >= 4 is 20.0 Å². The van der Waals surface area contributed by atoms with E-state index in [1.807, 2.05) is 30.3 Å². The van der Waals surface area contributed by atoms with Gasteiger partial charge in [-0.25, -0.2) is 21.6 Å². The van der Waals surface area contributed by atoms with E-state index < -0.39 is 20.0 Å². The first-order chi connectivity index (χ1) is 12.3. The monoisotopic (exact) mass is 394 g/mol. The summed E-state index contributed by atoms with van der Waals surface area (Å²) >= 11 is 0. The second-order valence-corrected chi connectivity index (χ2v) is 10.2. The molecular weight excluding hydrogens is 372 g/mol. The second-order valence-electron chi connectivity index (χ2n) is 6.27. The predicted octanol–water partition coefficient (Wildman–Crippen LogP) is 1.53. The van der Waals surface area contributed by atoms with Gasteiger partial charge in [0.25, 0.3) is 0 Å². The van der Waals surface area contributed by atoms with Crippen molar-refractivity contribution in [2.75, 3.05) is 19.3 Å². The Bertz CT molecular complexity index is 987. The first-order valence-corrected chi connectivity index (χ1v) is 11.5. The molecule has 140 valence electrons. The van der Waals surface area contributed by atoms with Crippen LogP contribution in [0.15, 0.2) is 53.4 Å². The van der Waals surface area contributed by atoms with Gasteiger partial charge in [-0.05, 0) is 48.7 Å². The second kappa shape index (κ2) is 7.48. The van der Waals surface area contributed by atoms with E-state index in [4.69, 9.17) is 0 Å². The molecule has 0 aliphatic carbocycles. The highest BCUT2D eigenvalue weighted by atomic mass is 32.2. The lowest BCUT2D eigenvalue weighted by atomic mass is 10.0. The van der Waals surface area contributed by atoms with Crippen LogP contribution in [0, 0.1) is 0 Å². The van der Waals surface area contributed by atoms with Crippen molar-refractivity contribution in [3.63, 3.8) is 0 Å². The molecule has 0 unspecified atom stereocenters. The fourth-order valence-electron chi connectivity index (χ4n) is 3.05. The third-order valence-electron chi connectivity index (χ3n) is 4.62. The largest absolute Gasteiger partial charge is 0.240 e. The molecule has 2 aromatic rings. The molecule has 0 amide bonds. The Balaban J connectivity index is 1.77. The third kappa shape index (κ3) is 4.15. The first kappa shape index (κ1) is 19.0. The van der Waals surface area contributed by atoms with Crippen LogP contribution in [0.2, 0.25) is 0 Å². The molecule has 0 spiro atoms. The number of aryl methyl sites for hydroxylation is 1. The Morgan fingerprint density at radius 1 is 1.00 bits per heavy atom. The predicted molar refractivity (Wildman–Crippen MR) is 101 cm³/mol. The molecule has 3 rings (SSSR count). The molecule has 1 aliphatic heterocycles. The van der Waals surface area contributed by atoms with Crippen molar-refractivity contribution in [1.82, 2.24) is 9.03 Å². The fraction of sp³-hybridized carbons (Fsp3) is 0.333. The van der Waals surface area contributed by atoms with Crippen LogP contribution >= 0.6 is 0 Å². The molecule has 0 aromatic heterocycles. The number of nitrogens with zero attached hydrogens (tertiary/aromatic N) is 1. The zero-order valence-corrected chi connectivity index (χ0v) is 16.2.